The van der Waals surface area contributed by atoms with Gasteiger partial charge in [0.25, 0.3) is 5.91 Å². The van der Waals surface area contributed by atoms with Gasteiger partial charge >= 0.3 is 5.97 Å². The molecule has 1 N–H and O–H groups in total. The van der Waals surface area contributed by atoms with Gasteiger partial charge in [-0.05, 0) is 0 Å². The van der Waals surface area contributed by atoms with E-state index in [1.54, 1.807) is 0 Å². The molecule has 0 unspecified atom stereocenters. The lowest BCUT2D eigenvalue weighted by atomic mass is 10.1. The Kier molecular flexibility index (Phi) is 5.48. The number of rotatable bonds is 6. The van der Waals surface area contributed by atoms with Crippen LogP contribution in [0.5, 0.6) is 0 Å². The van der Waals surface area contributed by atoms with Gasteiger partial charge in [-0.25, -0.2) is 0 Å². The Labute approximate surface area is 93.4 Å². The monoisotopic (exact) mass is 223 g/mol. The summed E-state index contributed by atoms with van der Waals surface area (Å²) in [6.07, 6.45) is 2.89. The molecule has 0 saturated carbocycles. The standard InChI is InChI=1S/C11H13NO4/c1-4-8(7-13)9(5-2)11(16)12(3)6-10(14)15/h4-5,7H,1-2,6H2,3H3,(H,14,15)/b9-8-. The van der Waals surface area contributed by atoms with Crippen LogP contribution in [0.2, 0.25) is 0 Å². The van der Waals surface area contributed by atoms with E-state index in [1.165, 1.54) is 19.2 Å². The molecule has 0 aliphatic heterocycles. The van der Waals surface area contributed by atoms with E-state index in [2.05, 4.69) is 13.2 Å². The van der Waals surface area contributed by atoms with E-state index in [1.807, 2.05) is 0 Å². The molecular formula is C11H13NO4. The molecule has 0 aromatic heterocycles. The minimum absolute atomic E-state index is 0.0359. The summed E-state index contributed by atoms with van der Waals surface area (Å²) in [5, 5.41) is 8.51. The van der Waals surface area contributed by atoms with Gasteiger partial charge in [0.05, 0.1) is 0 Å². The second-order valence-electron chi connectivity index (χ2n) is 2.95. The van der Waals surface area contributed by atoms with Gasteiger partial charge in [0.15, 0.2) is 6.29 Å². The van der Waals surface area contributed by atoms with E-state index < -0.39 is 18.4 Å². The second-order valence-corrected chi connectivity index (χ2v) is 2.95. The second kappa shape index (κ2) is 6.34. The van der Waals surface area contributed by atoms with Crippen molar-refractivity contribution in [1.82, 2.24) is 4.90 Å². The van der Waals surface area contributed by atoms with Crippen molar-refractivity contribution >= 4 is 18.2 Å². The topological polar surface area (TPSA) is 74.7 Å². The van der Waals surface area contributed by atoms with E-state index in [9.17, 15) is 14.4 Å². The molecule has 0 spiro atoms. The Morgan fingerprint density at radius 3 is 2.19 bits per heavy atom. The van der Waals surface area contributed by atoms with Crippen molar-refractivity contribution in [3.63, 3.8) is 0 Å². The van der Waals surface area contributed by atoms with Gasteiger partial charge in [-0.3, -0.25) is 14.4 Å². The number of allylic oxidation sites excluding steroid dienone is 2. The van der Waals surface area contributed by atoms with Gasteiger partial charge in [-0.15, -0.1) is 0 Å². The Bertz CT molecular complexity index is 358. The quantitative estimate of drug-likeness (QED) is 0.401. The molecule has 0 atom stereocenters. The zero-order valence-electron chi connectivity index (χ0n) is 8.97. The molecule has 16 heavy (non-hydrogen) atoms. The predicted molar refractivity (Wildman–Crippen MR) is 58.8 cm³/mol. The number of carbonyl (C=O) groups excluding carboxylic acids is 2. The van der Waals surface area contributed by atoms with Gasteiger partial charge in [0.1, 0.15) is 6.54 Å². The van der Waals surface area contributed by atoms with Crippen LogP contribution in [0.1, 0.15) is 0 Å². The van der Waals surface area contributed by atoms with E-state index >= 15 is 0 Å². The fourth-order valence-electron chi connectivity index (χ4n) is 1.03. The maximum Gasteiger partial charge on any atom is 0.323 e. The van der Waals surface area contributed by atoms with Crippen LogP contribution >= 0.6 is 0 Å². The van der Waals surface area contributed by atoms with Crippen molar-refractivity contribution in [2.75, 3.05) is 13.6 Å². The molecule has 0 fully saturated rings. The lowest BCUT2D eigenvalue weighted by molar-refractivity contribution is -0.142. The fourth-order valence-corrected chi connectivity index (χ4v) is 1.03. The number of carboxylic acid groups (broad SMARTS) is 1. The summed E-state index contributed by atoms with van der Waals surface area (Å²) in [4.78, 5) is 33.7. The molecule has 86 valence electrons. The third-order valence-electron chi connectivity index (χ3n) is 1.81. The average Bonchev–Trinajstić information content (AvgIpc) is 2.23. The van der Waals surface area contributed by atoms with Gasteiger partial charge in [-0.1, -0.05) is 25.3 Å². The number of hydrogen-bond donors (Lipinski definition) is 1. The predicted octanol–water partition coefficient (Wildman–Crippen LogP) is 0.397. The molecule has 0 saturated heterocycles. The minimum Gasteiger partial charge on any atom is -0.480 e. The van der Waals surface area contributed by atoms with Crippen LogP contribution in [-0.2, 0) is 14.4 Å². The third-order valence-corrected chi connectivity index (χ3v) is 1.81. The van der Waals surface area contributed by atoms with Crippen LogP contribution in [0, 0.1) is 0 Å². The van der Waals surface area contributed by atoms with E-state index in [-0.39, 0.29) is 11.1 Å². The molecular weight excluding hydrogens is 210 g/mol. The Morgan fingerprint density at radius 1 is 1.31 bits per heavy atom. The lowest BCUT2D eigenvalue weighted by Gasteiger charge is -2.15. The number of carboxylic acids is 1. The van der Waals surface area contributed by atoms with Crippen LogP contribution in [-0.4, -0.2) is 41.8 Å². The molecule has 0 radical (unpaired) electrons. The summed E-state index contributed by atoms with van der Waals surface area (Å²) in [6.45, 7) is 6.34. The van der Waals surface area contributed by atoms with Crippen molar-refractivity contribution in [1.29, 1.82) is 0 Å². The van der Waals surface area contributed by atoms with Crippen LogP contribution in [0.3, 0.4) is 0 Å². The smallest absolute Gasteiger partial charge is 0.323 e. The number of likely N-dealkylation sites (N-methyl/N-ethyl adjacent to an activating group) is 1. The highest BCUT2D eigenvalue weighted by Crippen LogP contribution is 2.08. The molecule has 0 aliphatic rings. The lowest BCUT2D eigenvalue weighted by Crippen LogP contribution is -2.33. The highest BCUT2D eigenvalue weighted by atomic mass is 16.4. The molecule has 0 aromatic rings. The molecule has 0 aliphatic carbocycles. The first-order valence-electron chi connectivity index (χ1n) is 4.39. The van der Waals surface area contributed by atoms with Crippen LogP contribution in [0.25, 0.3) is 0 Å². The number of aliphatic carboxylic acids is 1. The van der Waals surface area contributed by atoms with Gasteiger partial charge in [-0.2, -0.15) is 0 Å². The van der Waals surface area contributed by atoms with Gasteiger partial charge in [0, 0.05) is 18.2 Å². The number of carbonyl (C=O) groups is 3. The highest BCUT2D eigenvalue weighted by molar-refractivity contribution is 6.03. The Hall–Kier alpha value is -2.17. The fraction of sp³-hybridized carbons (Fsp3) is 0.182. The molecule has 1 amide bonds. The first-order chi connectivity index (χ1) is 7.47. The van der Waals surface area contributed by atoms with Gasteiger partial charge in [0.2, 0.25) is 0 Å². The normalized spacial score (nSPS) is 11.1. The number of hydrogen-bond acceptors (Lipinski definition) is 3. The molecule has 5 nitrogen and oxygen atoms in total. The van der Waals surface area contributed by atoms with E-state index in [0.717, 1.165) is 4.90 Å². The number of amides is 1. The average molecular weight is 223 g/mol. The molecule has 5 heteroatoms. The Balaban J connectivity index is 5.13. The van der Waals surface area contributed by atoms with Crippen molar-refractivity contribution in [3.8, 4) is 0 Å². The van der Waals surface area contributed by atoms with Crippen molar-refractivity contribution in [3.05, 3.63) is 36.5 Å². The van der Waals surface area contributed by atoms with Gasteiger partial charge < -0.3 is 10.0 Å². The highest BCUT2D eigenvalue weighted by Gasteiger charge is 2.17. The van der Waals surface area contributed by atoms with Crippen molar-refractivity contribution < 1.29 is 19.5 Å². The molecule has 0 heterocycles. The summed E-state index contributed by atoms with van der Waals surface area (Å²) in [7, 11) is 1.32. The molecule has 0 rings (SSSR count). The maximum atomic E-state index is 11.7. The zero-order valence-corrected chi connectivity index (χ0v) is 8.97. The summed E-state index contributed by atoms with van der Waals surface area (Å²) in [6, 6.07) is 0. The van der Waals surface area contributed by atoms with Crippen LogP contribution in [0.15, 0.2) is 36.5 Å². The summed E-state index contributed by atoms with van der Waals surface area (Å²) < 4.78 is 0. The number of nitrogens with zero attached hydrogens (tertiary/aromatic N) is 1. The van der Waals surface area contributed by atoms with E-state index in [0.29, 0.717) is 6.29 Å². The first-order valence-corrected chi connectivity index (χ1v) is 4.39. The molecule has 0 aromatic carbocycles. The Morgan fingerprint density at radius 2 is 1.88 bits per heavy atom. The first kappa shape index (κ1) is 13.8. The summed E-state index contributed by atoms with van der Waals surface area (Å²) in [5.41, 5.74) is 0.117. The largest absolute Gasteiger partial charge is 0.480 e. The SMILES string of the molecule is C=C/C(C=O)=C(\C=C)C(=O)N(C)CC(=O)O. The van der Waals surface area contributed by atoms with Crippen molar-refractivity contribution in [2.24, 2.45) is 0 Å². The number of aldehydes is 1. The summed E-state index contributed by atoms with van der Waals surface area (Å²) >= 11 is 0. The van der Waals surface area contributed by atoms with Crippen molar-refractivity contribution in [2.45, 2.75) is 0 Å². The van der Waals surface area contributed by atoms with Crippen LogP contribution in [0.4, 0.5) is 0 Å². The maximum absolute atomic E-state index is 11.7. The van der Waals surface area contributed by atoms with E-state index in [4.69, 9.17) is 5.11 Å². The third kappa shape index (κ3) is 3.53. The van der Waals surface area contributed by atoms with Crippen LogP contribution < -0.4 is 0 Å². The summed E-state index contributed by atoms with van der Waals surface area (Å²) in [5.74, 6) is -1.72. The minimum atomic E-state index is -1.13. The zero-order chi connectivity index (χ0) is 12.7. The molecule has 0 bridgehead atoms.